The van der Waals surface area contributed by atoms with Crippen molar-refractivity contribution in [3.05, 3.63) is 35.4 Å². The lowest BCUT2D eigenvalue weighted by Crippen LogP contribution is -2.20. The van der Waals surface area contributed by atoms with E-state index in [4.69, 9.17) is 4.74 Å². The molecule has 0 saturated heterocycles. The lowest BCUT2D eigenvalue weighted by Gasteiger charge is -2.16. The van der Waals surface area contributed by atoms with E-state index in [1.807, 2.05) is 6.08 Å². The Morgan fingerprint density at radius 1 is 1.47 bits per heavy atom. The molecule has 1 aliphatic heterocycles. The molecule has 0 saturated carbocycles. The van der Waals surface area contributed by atoms with Crippen LogP contribution in [-0.2, 0) is 4.74 Å². The average molecular weight is 233 g/mol. The maximum atomic E-state index is 11.6. The van der Waals surface area contributed by atoms with Gasteiger partial charge < -0.3 is 15.2 Å². The average Bonchev–Trinajstić information content (AvgIpc) is 2.39. The predicted molar refractivity (Wildman–Crippen MR) is 64.9 cm³/mol. The Labute approximate surface area is 99.9 Å². The molecular formula is C13H15NO3. The first-order valence-corrected chi connectivity index (χ1v) is 5.54. The van der Waals surface area contributed by atoms with Crippen LogP contribution < -0.4 is 5.32 Å². The zero-order valence-electron chi connectivity index (χ0n) is 9.69. The van der Waals surface area contributed by atoms with Gasteiger partial charge in [0.05, 0.1) is 12.7 Å². The van der Waals surface area contributed by atoms with Gasteiger partial charge in [0.2, 0.25) is 0 Å². The first-order chi connectivity index (χ1) is 8.22. The highest BCUT2D eigenvalue weighted by Crippen LogP contribution is 2.27. The standard InChI is InChI=1S/C13H15NO3/c1-17-13(16)11-3-2-10(15)8-12(11)9-4-6-14-7-5-9/h2-4,8,14-15H,5-7H2,1H3. The number of benzene rings is 1. The Morgan fingerprint density at radius 3 is 2.94 bits per heavy atom. The van der Waals surface area contributed by atoms with Gasteiger partial charge in [-0.3, -0.25) is 0 Å². The minimum atomic E-state index is -0.376. The number of methoxy groups -OCH3 is 1. The molecule has 0 atom stereocenters. The molecule has 0 aromatic heterocycles. The topological polar surface area (TPSA) is 58.6 Å². The number of phenols is 1. The summed E-state index contributed by atoms with van der Waals surface area (Å²) >= 11 is 0. The molecule has 0 amide bonds. The summed E-state index contributed by atoms with van der Waals surface area (Å²) in [5.74, 6) is -0.216. The number of phenolic OH excluding ortho intramolecular Hbond substituents is 1. The van der Waals surface area contributed by atoms with E-state index in [1.165, 1.54) is 13.2 Å². The van der Waals surface area contributed by atoms with E-state index in [0.29, 0.717) is 5.56 Å². The summed E-state index contributed by atoms with van der Waals surface area (Å²) in [4.78, 5) is 11.6. The molecule has 2 rings (SSSR count). The fourth-order valence-electron chi connectivity index (χ4n) is 1.95. The number of carbonyl (C=O) groups is 1. The Hall–Kier alpha value is -1.81. The van der Waals surface area contributed by atoms with Crippen LogP contribution in [0.1, 0.15) is 22.3 Å². The summed E-state index contributed by atoms with van der Waals surface area (Å²) in [7, 11) is 1.36. The number of aromatic hydroxyl groups is 1. The van der Waals surface area contributed by atoms with Crippen LogP contribution in [0.4, 0.5) is 0 Å². The Balaban J connectivity index is 2.46. The summed E-state index contributed by atoms with van der Waals surface area (Å²) in [6.07, 6.45) is 2.87. The van der Waals surface area contributed by atoms with Crippen molar-refractivity contribution in [3.63, 3.8) is 0 Å². The molecular weight excluding hydrogens is 218 g/mol. The molecule has 1 heterocycles. The van der Waals surface area contributed by atoms with Crippen LogP contribution in [0, 0.1) is 0 Å². The first kappa shape index (κ1) is 11.7. The van der Waals surface area contributed by atoms with Crippen LogP contribution >= 0.6 is 0 Å². The summed E-state index contributed by atoms with van der Waals surface area (Å²) < 4.78 is 4.74. The van der Waals surface area contributed by atoms with E-state index in [9.17, 15) is 9.90 Å². The van der Waals surface area contributed by atoms with E-state index in [0.717, 1.165) is 30.6 Å². The molecule has 1 aliphatic rings. The van der Waals surface area contributed by atoms with Crippen LogP contribution in [0.3, 0.4) is 0 Å². The van der Waals surface area contributed by atoms with Crippen LogP contribution in [-0.4, -0.2) is 31.3 Å². The number of esters is 1. The van der Waals surface area contributed by atoms with Crippen molar-refractivity contribution in [2.75, 3.05) is 20.2 Å². The third-order valence-electron chi connectivity index (χ3n) is 2.82. The minimum absolute atomic E-state index is 0.159. The summed E-state index contributed by atoms with van der Waals surface area (Å²) in [5.41, 5.74) is 2.33. The third-order valence-corrected chi connectivity index (χ3v) is 2.82. The van der Waals surface area contributed by atoms with Gasteiger partial charge >= 0.3 is 5.97 Å². The molecule has 0 spiro atoms. The fraction of sp³-hybridized carbons (Fsp3) is 0.308. The molecule has 4 nitrogen and oxygen atoms in total. The van der Waals surface area contributed by atoms with E-state index in [-0.39, 0.29) is 11.7 Å². The van der Waals surface area contributed by atoms with E-state index >= 15 is 0 Å². The second kappa shape index (κ2) is 5.01. The molecule has 1 aromatic rings. The molecule has 0 fully saturated rings. The smallest absolute Gasteiger partial charge is 0.338 e. The van der Waals surface area contributed by atoms with Crippen LogP contribution in [0.15, 0.2) is 24.3 Å². The SMILES string of the molecule is COC(=O)c1ccc(O)cc1C1=CCNCC1. The highest BCUT2D eigenvalue weighted by Gasteiger charge is 2.16. The maximum Gasteiger partial charge on any atom is 0.338 e. The number of hydrogen-bond acceptors (Lipinski definition) is 4. The highest BCUT2D eigenvalue weighted by molar-refractivity contribution is 5.95. The number of nitrogens with one attached hydrogen (secondary N) is 1. The quantitative estimate of drug-likeness (QED) is 0.761. The molecule has 1 aromatic carbocycles. The van der Waals surface area contributed by atoms with Gasteiger partial charge in [0.1, 0.15) is 5.75 Å². The highest BCUT2D eigenvalue weighted by atomic mass is 16.5. The number of carbonyl (C=O) groups excluding carboxylic acids is 1. The second-order valence-electron chi connectivity index (χ2n) is 3.90. The molecule has 0 unspecified atom stereocenters. The number of ether oxygens (including phenoxy) is 1. The van der Waals surface area contributed by atoms with Crippen LogP contribution in [0.5, 0.6) is 5.75 Å². The molecule has 0 bridgehead atoms. The van der Waals surface area contributed by atoms with Gasteiger partial charge in [-0.05, 0) is 42.3 Å². The fourth-order valence-corrected chi connectivity index (χ4v) is 1.95. The van der Waals surface area contributed by atoms with Gasteiger partial charge in [0, 0.05) is 6.54 Å². The lowest BCUT2D eigenvalue weighted by atomic mass is 9.95. The summed E-state index contributed by atoms with van der Waals surface area (Å²) in [6, 6.07) is 4.71. The van der Waals surface area contributed by atoms with Gasteiger partial charge in [0.25, 0.3) is 0 Å². The largest absolute Gasteiger partial charge is 0.508 e. The molecule has 0 radical (unpaired) electrons. The number of hydrogen-bond donors (Lipinski definition) is 2. The molecule has 90 valence electrons. The van der Waals surface area contributed by atoms with Crippen molar-refractivity contribution < 1.29 is 14.6 Å². The summed E-state index contributed by atoms with van der Waals surface area (Å²) in [6.45, 7) is 1.66. The van der Waals surface area contributed by atoms with Crippen LogP contribution in [0.25, 0.3) is 5.57 Å². The zero-order valence-corrected chi connectivity index (χ0v) is 9.69. The van der Waals surface area contributed by atoms with Gasteiger partial charge in [-0.15, -0.1) is 0 Å². The third kappa shape index (κ3) is 2.47. The van der Waals surface area contributed by atoms with Crippen molar-refractivity contribution in [3.8, 4) is 5.75 Å². The van der Waals surface area contributed by atoms with E-state index in [2.05, 4.69) is 5.32 Å². The Kier molecular flexibility index (Phi) is 3.44. The van der Waals surface area contributed by atoms with Crippen molar-refractivity contribution in [2.45, 2.75) is 6.42 Å². The van der Waals surface area contributed by atoms with Gasteiger partial charge in [0.15, 0.2) is 0 Å². The van der Waals surface area contributed by atoms with Gasteiger partial charge in [-0.1, -0.05) is 6.08 Å². The summed E-state index contributed by atoms with van der Waals surface area (Å²) in [5, 5.41) is 12.7. The number of rotatable bonds is 2. The van der Waals surface area contributed by atoms with Gasteiger partial charge in [-0.25, -0.2) is 4.79 Å². The predicted octanol–water partition coefficient (Wildman–Crippen LogP) is 1.56. The molecule has 4 heteroatoms. The Morgan fingerprint density at radius 2 is 2.29 bits per heavy atom. The first-order valence-electron chi connectivity index (χ1n) is 5.54. The second-order valence-corrected chi connectivity index (χ2v) is 3.90. The van der Waals surface area contributed by atoms with Gasteiger partial charge in [-0.2, -0.15) is 0 Å². The normalized spacial score (nSPS) is 15.2. The van der Waals surface area contributed by atoms with Crippen molar-refractivity contribution >= 4 is 11.5 Å². The molecule has 17 heavy (non-hydrogen) atoms. The van der Waals surface area contributed by atoms with Crippen molar-refractivity contribution in [2.24, 2.45) is 0 Å². The van der Waals surface area contributed by atoms with Crippen LogP contribution in [0.2, 0.25) is 0 Å². The van der Waals surface area contributed by atoms with Crippen molar-refractivity contribution in [1.29, 1.82) is 0 Å². The molecule has 2 N–H and O–H groups in total. The molecule has 0 aliphatic carbocycles. The van der Waals surface area contributed by atoms with E-state index < -0.39 is 0 Å². The van der Waals surface area contributed by atoms with E-state index in [1.54, 1.807) is 12.1 Å². The monoisotopic (exact) mass is 233 g/mol. The Bertz CT molecular complexity index is 466. The van der Waals surface area contributed by atoms with Crippen molar-refractivity contribution in [1.82, 2.24) is 5.32 Å². The minimum Gasteiger partial charge on any atom is -0.508 e. The zero-order chi connectivity index (χ0) is 12.3. The maximum absolute atomic E-state index is 11.6. The lowest BCUT2D eigenvalue weighted by molar-refractivity contribution is 0.0600.